The number of hydrogen-bond acceptors (Lipinski definition) is 5. The number of amides is 2. The van der Waals surface area contributed by atoms with Gasteiger partial charge in [-0.25, -0.2) is 13.6 Å². The predicted octanol–water partition coefficient (Wildman–Crippen LogP) is 5.31. The van der Waals surface area contributed by atoms with Crippen LogP contribution < -0.4 is 10.6 Å². The van der Waals surface area contributed by atoms with Crippen molar-refractivity contribution in [1.82, 2.24) is 10.1 Å². The Balaban J connectivity index is 1.49. The lowest BCUT2D eigenvalue weighted by Gasteiger charge is -2.12. The summed E-state index contributed by atoms with van der Waals surface area (Å²) < 4.78 is 32.7. The number of hydrogen-bond donors (Lipinski definition) is 2. The Kier molecular flexibility index (Phi) is 5.30. The summed E-state index contributed by atoms with van der Waals surface area (Å²) >= 11 is 1.50. The molecule has 2 heterocycles. The number of halogens is 2. The number of para-hydroxylation sites is 2. The quantitative estimate of drug-likeness (QED) is 0.465. The fourth-order valence-corrected chi connectivity index (χ4v) is 3.33. The van der Waals surface area contributed by atoms with Gasteiger partial charge < -0.3 is 15.2 Å². The van der Waals surface area contributed by atoms with Crippen molar-refractivity contribution in [3.8, 4) is 10.7 Å². The molecule has 29 heavy (non-hydrogen) atoms. The van der Waals surface area contributed by atoms with E-state index in [9.17, 15) is 13.6 Å². The highest BCUT2D eigenvalue weighted by Crippen LogP contribution is 2.24. The zero-order chi connectivity index (χ0) is 20.2. The van der Waals surface area contributed by atoms with E-state index < -0.39 is 23.4 Å². The van der Waals surface area contributed by atoms with Crippen molar-refractivity contribution in [2.45, 2.75) is 6.42 Å². The number of thiophene rings is 1. The third-order valence-corrected chi connectivity index (χ3v) is 4.88. The molecule has 2 aromatic carbocycles. The number of nitrogens with one attached hydrogen (secondary N) is 2. The van der Waals surface area contributed by atoms with Gasteiger partial charge in [0.25, 0.3) is 0 Å². The van der Waals surface area contributed by atoms with Crippen molar-refractivity contribution in [3.05, 3.63) is 83.1 Å². The minimum Gasteiger partial charge on any atom is -0.339 e. The molecule has 0 radical (unpaired) electrons. The molecule has 0 aliphatic carbocycles. The van der Waals surface area contributed by atoms with Crippen LogP contribution in [-0.4, -0.2) is 16.2 Å². The van der Waals surface area contributed by atoms with Crippen LogP contribution in [0, 0.1) is 11.6 Å². The van der Waals surface area contributed by atoms with E-state index in [2.05, 4.69) is 20.8 Å². The summed E-state index contributed by atoms with van der Waals surface area (Å²) in [6.45, 7) is 0. The Labute approximate surface area is 168 Å². The normalized spacial score (nSPS) is 10.7. The maximum Gasteiger partial charge on any atom is 0.323 e. The zero-order valence-corrected chi connectivity index (χ0v) is 15.7. The van der Waals surface area contributed by atoms with Crippen molar-refractivity contribution in [1.29, 1.82) is 0 Å². The predicted molar refractivity (Wildman–Crippen MR) is 106 cm³/mol. The van der Waals surface area contributed by atoms with Gasteiger partial charge in [-0.15, -0.1) is 11.3 Å². The summed E-state index contributed by atoms with van der Waals surface area (Å²) in [7, 11) is 0. The van der Waals surface area contributed by atoms with Crippen LogP contribution in [0.3, 0.4) is 0 Å². The summed E-state index contributed by atoms with van der Waals surface area (Å²) in [6, 6.07) is 13.3. The highest BCUT2D eigenvalue weighted by atomic mass is 32.1. The molecule has 0 spiro atoms. The second-order valence-corrected chi connectivity index (χ2v) is 6.95. The monoisotopic (exact) mass is 412 g/mol. The third kappa shape index (κ3) is 4.30. The highest BCUT2D eigenvalue weighted by Gasteiger charge is 2.15. The smallest absolute Gasteiger partial charge is 0.323 e. The SMILES string of the molecule is O=C(Nc1ccccc1Cc1nc(-c2cccs2)no1)Nc1c(F)cccc1F. The summed E-state index contributed by atoms with van der Waals surface area (Å²) in [5, 5.41) is 10.7. The second-order valence-electron chi connectivity index (χ2n) is 6.00. The van der Waals surface area contributed by atoms with Crippen LogP contribution in [0.4, 0.5) is 25.0 Å². The first kappa shape index (κ1) is 18.8. The number of benzene rings is 2. The molecule has 4 aromatic rings. The molecule has 0 fully saturated rings. The highest BCUT2D eigenvalue weighted by molar-refractivity contribution is 7.13. The van der Waals surface area contributed by atoms with Gasteiger partial charge in [-0.1, -0.05) is 35.5 Å². The van der Waals surface area contributed by atoms with Crippen molar-refractivity contribution in [2.24, 2.45) is 0 Å². The summed E-state index contributed by atoms with van der Waals surface area (Å²) in [4.78, 5) is 17.5. The van der Waals surface area contributed by atoms with Gasteiger partial charge in [-0.2, -0.15) is 4.98 Å². The molecule has 2 aromatic heterocycles. The number of rotatable bonds is 5. The second kappa shape index (κ2) is 8.19. The fraction of sp³-hybridized carbons (Fsp3) is 0.0500. The third-order valence-electron chi connectivity index (χ3n) is 4.02. The average Bonchev–Trinajstić information content (AvgIpc) is 3.38. The van der Waals surface area contributed by atoms with Gasteiger partial charge in [0.2, 0.25) is 11.7 Å². The topological polar surface area (TPSA) is 80.1 Å². The molecule has 6 nitrogen and oxygen atoms in total. The molecule has 2 N–H and O–H groups in total. The number of carbonyl (C=O) groups excluding carboxylic acids is 1. The van der Waals surface area contributed by atoms with Crippen LogP contribution in [0.25, 0.3) is 10.7 Å². The van der Waals surface area contributed by atoms with E-state index in [1.165, 1.54) is 17.4 Å². The van der Waals surface area contributed by atoms with Gasteiger partial charge in [0, 0.05) is 5.69 Å². The lowest BCUT2D eigenvalue weighted by molar-refractivity contribution is 0.262. The Morgan fingerprint density at radius 1 is 1.00 bits per heavy atom. The number of carbonyl (C=O) groups is 1. The number of aromatic nitrogens is 2. The Hall–Kier alpha value is -3.59. The van der Waals surface area contributed by atoms with Gasteiger partial charge in [0.05, 0.1) is 11.3 Å². The standard InChI is InChI=1S/C20H14F2N4O2S/c21-13-6-3-7-14(22)18(13)25-20(27)23-15-8-2-1-5-12(15)11-17-24-19(26-28-17)16-9-4-10-29-16/h1-10H,11H2,(H2,23,25,27). The molecule has 0 atom stereocenters. The van der Waals surface area contributed by atoms with Crippen LogP contribution in [0.1, 0.15) is 11.5 Å². The summed E-state index contributed by atoms with van der Waals surface area (Å²) in [5.41, 5.74) is 0.649. The zero-order valence-electron chi connectivity index (χ0n) is 14.9. The van der Waals surface area contributed by atoms with Crippen molar-refractivity contribution >= 4 is 28.7 Å². The molecule has 2 amide bonds. The molecule has 4 rings (SSSR count). The van der Waals surface area contributed by atoms with E-state index in [1.807, 2.05) is 17.5 Å². The van der Waals surface area contributed by atoms with E-state index >= 15 is 0 Å². The number of urea groups is 1. The van der Waals surface area contributed by atoms with E-state index in [-0.39, 0.29) is 6.42 Å². The molecule has 0 bridgehead atoms. The van der Waals surface area contributed by atoms with Crippen LogP contribution >= 0.6 is 11.3 Å². The fourth-order valence-electron chi connectivity index (χ4n) is 2.68. The molecule has 0 saturated carbocycles. The largest absolute Gasteiger partial charge is 0.339 e. The molecule has 0 aliphatic rings. The lowest BCUT2D eigenvalue weighted by Crippen LogP contribution is -2.21. The number of anilines is 2. The van der Waals surface area contributed by atoms with Crippen molar-refractivity contribution in [3.63, 3.8) is 0 Å². The minimum absolute atomic E-state index is 0.281. The van der Waals surface area contributed by atoms with Gasteiger partial charge in [0.15, 0.2) is 0 Å². The van der Waals surface area contributed by atoms with Gasteiger partial charge in [-0.05, 0) is 35.2 Å². The van der Waals surface area contributed by atoms with Crippen LogP contribution in [0.15, 0.2) is 64.5 Å². The average molecular weight is 412 g/mol. The van der Waals surface area contributed by atoms with Crippen molar-refractivity contribution < 1.29 is 18.1 Å². The molecule has 9 heteroatoms. The summed E-state index contributed by atoms with van der Waals surface area (Å²) in [6.07, 6.45) is 0.281. The van der Waals surface area contributed by atoms with Gasteiger partial charge >= 0.3 is 6.03 Å². The molecule has 0 aliphatic heterocycles. The Morgan fingerprint density at radius 3 is 2.55 bits per heavy atom. The van der Waals surface area contributed by atoms with Crippen LogP contribution in [0.5, 0.6) is 0 Å². The van der Waals surface area contributed by atoms with Gasteiger partial charge in [0.1, 0.15) is 17.3 Å². The van der Waals surface area contributed by atoms with Crippen LogP contribution in [-0.2, 0) is 6.42 Å². The molecular formula is C20H14F2N4O2S. The van der Waals surface area contributed by atoms with E-state index in [1.54, 1.807) is 24.3 Å². The minimum atomic E-state index is -0.861. The molecule has 146 valence electrons. The molecular weight excluding hydrogens is 398 g/mol. The first-order chi connectivity index (χ1) is 14.1. The summed E-state index contributed by atoms with van der Waals surface area (Å²) in [5.74, 6) is -0.850. The van der Waals surface area contributed by atoms with E-state index in [4.69, 9.17) is 4.52 Å². The van der Waals surface area contributed by atoms with Gasteiger partial charge in [-0.3, -0.25) is 0 Å². The maximum absolute atomic E-state index is 13.7. The first-order valence-corrected chi connectivity index (χ1v) is 9.44. The van der Waals surface area contributed by atoms with E-state index in [0.717, 1.165) is 17.0 Å². The Bertz CT molecular complexity index is 1120. The first-order valence-electron chi connectivity index (χ1n) is 8.56. The van der Waals surface area contributed by atoms with E-state index in [0.29, 0.717) is 23.0 Å². The maximum atomic E-state index is 13.7. The van der Waals surface area contributed by atoms with Crippen LogP contribution in [0.2, 0.25) is 0 Å². The Morgan fingerprint density at radius 2 is 1.79 bits per heavy atom. The molecule has 0 saturated heterocycles. The number of nitrogens with zero attached hydrogens (tertiary/aromatic N) is 2. The van der Waals surface area contributed by atoms with Crippen molar-refractivity contribution in [2.75, 3.05) is 10.6 Å². The molecule has 0 unspecified atom stereocenters. The lowest BCUT2D eigenvalue weighted by atomic mass is 10.1.